The highest BCUT2D eigenvalue weighted by molar-refractivity contribution is 7.92. The summed E-state index contributed by atoms with van der Waals surface area (Å²) in [4.78, 5) is 19.6. The van der Waals surface area contributed by atoms with Crippen molar-refractivity contribution in [2.75, 3.05) is 62.5 Å². The van der Waals surface area contributed by atoms with E-state index in [0.717, 1.165) is 22.5 Å². The van der Waals surface area contributed by atoms with Crippen molar-refractivity contribution in [2.45, 2.75) is 38.3 Å². The van der Waals surface area contributed by atoms with Gasteiger partial charge in [0.2, 0.25) is 10.0 Å². The van der Waals surface area contributed by atoms with Crippen LogP contribution in [-0.2, 0) is 25.9 Å². The predicted molar refractivity (Wildman–Crippen MR) is 155 cm³/mol. The van der Waals surface area contributed by atoms with E-state index in [1.54, 1.807) is 0 Å². The van der Waals surface area contributed by atoms with Crippen LogP contribution in [0.15, 0.2) is 42.5 Å². The van der Waals surface area contributed by atoms with Gasteiger partial charge >= 0.3 is 0 Å². The Morgan fingerprint density at radius 3 is 2.39 bits per heavy atom. The van der Waals surface area contributed by atoms with Gasteiger partial charge in [0.25, 0.3) is 12.3 Å². The summed E-state index contributed by atoms with van der Waals surface area (Å²) in [7, 11) is -0.901. The zero-order valence-electron chi connectivity index (χ0n) is 24.0. The molecule has 1 aromatic heterocycles. The highest BCUT2D eigenvalue weighted by atomic mass is 32.2. The lowest BCUT2D eigenvalue weighted by molar-refractivity contribution is 0.0913. The van der Waals surface area contributed by atoms with Gasteiger partial charge in [0.1, 0.15) is 11.6 Å². The smallest absolute Gasteiger partial charge is 0.255 e. The minimum atomic E-state index is -3.85. The molecule has 3 unspecified atom stereocenters. The van der Waals surface area contributed by atoms with Crippen LogP contribution in [0, 0.1) is 11.8 Å². The van der Waals surface area contributed by atoms with Gasteiger partial charge in [0.05, 0.1) is 38.6 Å². The molecule has 3 N–H and O–H groups in total. The van der Waals surface area contributed by atoms with Crippen molar-refractivity contribution >= 4 is 27.6 Å². The van der Waals surface area contributed by atoms with E-state index in [9.17, 15) is 22.0 Å². The Morgan fingerprint density at radius 1 is 1.17 bits per heavy atom. The monoisotopic (exact) mass is 597 g/mol. The predicted octanol–water partition coefficient (Wildman–Crippen LogP) is 2.54. The SMILES string of the molecule is COCCN(c1cc(C(=O)N[C@@H](Cc2ccccc2)C(N)COC)cc(N(CC(F)F)CC2CC2C)n1)S(C)(=O)=O. The van der Waals surface area contributed by atoms with E-state index in [1.165, 1.54) is 31.3 Å². The van der Waals surface area contributed by atoms with E-state index < -0.39 is 41.0 Å². The fourth-order valence-electron chi connectivity index (χ4n) is 4.65. The van der Waals surface area contributed by atoms with Crippen LogP contribution in [-0.4, -0.2) is 91.1 Å². The molecule has 0 radical (unpaired) electrons. The summed E-state index contributed by atoms with van der Waals surface area (Å²) in [6.07, 6.45) is -0.329. The third-order valence-electron chi connectivity index (χ3n) is 7.12. The number of carbonyl (C=O) groups excluding carboxylic acids is 1. The number of hydrogen-bond donors (Lipinski definition) is 2. The molecule has 4 atom stereocenters. The van der Waals surface area contributed by atoms with Crippen LogP contribution in [0.5, 0.6) is 0 Å². The molecule has 1 aliphatic rings. The molecule has 0 spiro atoms. The average molecular weight is 598 g/mol. The Balaban J connectivity index is 2.03. The molecule has 0 bridgehead atoms. The highest BCUT2D eigenvalue weighted by Gasteiger charge is 2.35. The number of anilines is 2. The summed E-state index contributed by atoms with van der Waals surface area (Å²) in [5, 5.41) is 2.95. The highest BCUT2D eigenvalue weighted by Crippen LogP contribution is 2.39. The van der Waals surface area contributed by atoms with Crippen molar-refractivity contribution in [1.29, 1.82) is 0 Å². The fraction of sp³-hybridized carbons (Fsp3) is 0.571. The molecule has 2 aromatic rings. The van der Waals surface area contributed by atoms with Crippen LogP contribution in [0.2, 0.25) is 0 Å². The van der Waals surface area contributed by atoms with Crippen molar-refractivity contribution in [1.82, 2.24) is 10.3 Å². The fourth-order valence-corrected chi connectivity index (χ4v) is 5.49. The molecule has 0 saturated heterocycles. The van der Waals surface area contributed by atoms with Gasteiger partial charge in [-0.15, -0.1) is 0 Å². The minimum Gasteiger partial charge on any atom is -0.383 e. The van der Waals surface area contributed by atoms with Gasteiger partial charge in [0.15, 0.2) is 0 Å². The van der Waals surface area contributed by atoms with Crippen LogP contribution >= 0.6 is 0 Å². The van der Waals surface area contributed by atoms with Gasteiger partial charge in [-0.1, -0.05) is 37.3 Å². The number of nitrogens with two attached hydrogens (primary N) is 1. The number of amides is 1. The van der Waals surface area contributed by atoms with Crippen LogP contribution < -0.4 is 20.3 Å². The summed E-state index contributed by atoms with van der Waals surface area (Å²) in [6.45, 7) is 1.93. The first-order valence-corrected chi connectivity index (χ1v) is 15.4. The number of aromatic nitrogens is 1. The van der Waals surface area contributed by atoms with Gasteiger partial charge in [-0.05, 0) is 42.4 Å². The van der Waals surface area contributed by atoms with Crippen LogP contribution in [0.25, 0.3) is 0 Å². The molecule has 1 aromatic carbocycles. The Bertz CT molecular complexity index is 1240. The quantitative estimate of drug-likeness (QED) is 0.285. The van der Waals surface area contributed by atoms with E-state index in [2.05, 4.69) is 10.3 Å². The van der Waals surface area contributed by atoms with Gasteiger partial charge < -0.3 is 25.4 Å². The summed E-state index contributed by atoms with van der Waals surface area (Å²) < 4.78 is 64.1. The standard InChI is InChI=1S/C28H41F2N5O5S/c1-19-12-22(19)16-34(17-25(29)30)26-14-21(15-27(33-26)35(10-11-39-2)41(4,37)38)28(36)32-24(23(31)18-40-3)13-20-8-6-5-7-9-20/h5-9,14-15,19,22-25H,10-13,16-18,31H2,1-4H3,(H,32,36)/t19?,22?,23?,24-/m0/s1. The topological polar surface area (TPSA) is 127 Å². The molecule has 41 heavy (non-hydrogen) atoms. The number of ether oxygens (including phenoxy) is 2. The third-order valence-corrected chi connectivity index (χ3v) is 8.29. The first-order chi connectivity index (χ1) is 19.4. The number of nitrogens with zero attached hydrogens (tertiary/aromatic N) is 3. The Kier molecular flexibility index (Phi) is 11.8. The number of nitrogens with one attached hydrogen (secondary N) is 1. The molecule has 1 aliphatic carbocycles. The molecule has 10 nitrogen and oxygen atoms in total. The molecule has 0 aliphatic heterocycles. The number of halogens is 2. The first-order valence-electron chi connectivity index (χ1n) is 13.5. The molecule has 228 valence electrons. The second-order valence-corrected chi connectivity index (χ2v) is 12.5. The molecular weight excluding hydrogens is 556 g/mol. The third kappa shape index (κ3) is 9.87. The maximum absolute atomic E-state index is 13.7. The van der Waals surface area contributed by atoms with E-state index >= 15 is 0 Å². The normalized spacial score (nSPS) is 18.1. The van der Waals surface area contributed by atoms with Gasteiger partial charge in [-0.3, -0.25) is 9.10 Å². The molecule has 3 rings (SSSR count). The minimum absolute atomic E-state index is 0.0592. The molecule has 1 amide bonds. The Hall–Kier alpha value is -2.87. The van der Waals surface area contributed by atoms with Crippen LogP contribution in [0.4, 0.5) is 20.4 Å². The average Bonchev–Trinajstić information content (AvgIpc) is 3.61. The van der Waals surface area contributed by atoms with Crippen molar-refractivity contribution in [2.24, 2.45) is 17.6 Å². The maximum atomic E-state index is 13.7. The number of methoxy groups -OCH3 is 2. The molecule has 1 saturated carbocycles. The zero-order chi connectivity index (χ0) is 30.2. The first kappa shape index (κ1) is 32.6. The number of pyridine rings is 1. The zero-order valence-corrected chi connectivity index (χ0v) is 24.8. The second kappa shape index (κ2) is 14.9. The Morgan fingerprint density at radius 2 is 1.83 bits per heavy atom. The molecule has 1 heterocycles. The maximum Gasteiger partial charge on any atom is 0.255 e. The second-order valence-electron chi connectivity index (χ2n) is 10.6. The molecule has 13 heteroatoms. The molecular formula is C28H41F2N5O5S. The number of rotatable bonds is 17. The van der Waals surface area contributed by atoms with Crippen molar-refractivity contribution in [3.63, 3.8) is 0 Å². The Labute approximate surface area is 241 Å². The number of carbonyl (C=O) groups is 1. The van der Waals surface area contributed by atoms with Crippen molar-refractivity contribution < 1.29 is 31.5 Å². The summed E-state index contributed by atoms with van der Waals surface area (Å²) in [5.41, 5.74) is 7.38. The number of hydrogen-bond acceptors (Lipinski definition) is 8. The lowest BCUT2D eigenvalue weighted by atomic mass is 9.99. The van der Waals surface area contributed by atoms with Gasteiger partial charge in [-0.25, -0.2) is 22.2 Å². The van der Waals surface area contributed by atoms with E-state index in [-0.39, 0.29) is 42.9 Å². The van der Waals surface area contributed by atoms with Gasteiger partial charge in [0, 0.05) is 32.4 Å². The van der Waals surface area contributed by atoms with E-state index in [1.807, 2.05) is 37.3 Å². The number of benzene rings is 1. The van der Waals surface area contributed by atoms with Crippen molar-refractivity contribution in [3.05, 3.63) is 53.6 Å². The van der Waals surface area contributed by atoms with E-state index in [4.69, 9.17) is 15.2 Å². The van der Waals surface area contributed by atoms with Crippen LogP contribution in [0.1, 0.15) is 29.3 Å². The van der Waals surface area contributed by atoms with E-state index in [0.29, 0.717) is 18.9 Å². The largest absolute Gasteiger partial charge is 0.383 e. The van der Waals surface area contributed by atoms with Crippen LogP contribution in [0.3, 0.4) is 0 Å². The number of alkyl halides is 2. The van der Waals surface area contributed by atoms with Gasteiger partial charge in [-0.2, -0.15) is 0 Å². The number of sulfonamides is 1. The summed E-state index contributed by atoms with van der Waals surface area (Å²) in [5.74, 6) is 0.0871. The summed E-state index contributed by atoms with van der Waals surface area (Å²) >= 11 is 0. The van der Waals surface area contributed by atoms with Crippen molar-refractivity contribution in [3.8, 4) is 0 Å². The lowest BCUT2D eigenvalue weighted by Gasteiger charge is -2.28. The summed E-state index contributed by atoms with van der Waals surface area (Å²) in [6, 6.07) is 11.2. The molecule has 1 fully saturated rings. The lowest BCUT2D eigenvalue weighted by Crippen LogP contribution is -2.51.